The second-order valence-electron chi connectivity index (χ2n) is 21.7. The lowest BCUT2D eigenvalue weighted by atomic mass is 9.57. The number of anilines is 2. The highest BCUT2D eigenvalue weighted by atomic mass is 19.1. The number of nitrogens with one attached hydrogen (secondary N) is 2. The van der Waals surface area contributed by atoms with Crippen LogP contribution in [0.4, 0.5) is 25.1 Å². The third-order valence-corrected chi connectivity index (χ3v) is 17.2. The van der Waals surface area contributed by atoms with Crippen molar-refractivity contribution in [3.05, 3.63) is 77.0 Å². The highest BCUT2D eigenvalue weighted by molar-refractivity contribution is 6.06. The molecule has 7 aliphatic rings. The largest absolute Gasteiger partial charge is 0.508 e. The molecule has 3 aromatic carbocycles. The van der Waals surface area contributed by atoms with E-state index in [1.54, 1.807) is 11.1 Å². The number of hydrogen-bond donors (Lipinski definition) is 3. The highest BCUT2D eigenvalue weighted by Gasteiger charge is 2.52. The molecule has 7 heterocycles. The SMILES string of the molecule is C#Cc1c(F)ccc2cc(O)cc(-c3ncc4c(N5CC6CCC(C5)N6)nc(OCC5(CN6CCC7(CC6)CC(C(=O)N6CCC(c8cccc(N9CCC(=O)NC9=O)c8C)CC6)C7)CC5)nc4c3F)c12. The van der Waals surface area contributed by atoms with E-state index in [0.717, 1.165) is 108 Å². The minimum Gasteiger partial charge on any atom is -0.508 e. The predicted octanol–water partition coefficient (Wildman–Crippen LogP) is 7.56. The number of hydrogen-bond acceptors (Lipinski definition) is 11. The van der Waals surface area contributed by atoms with Crippen molar-refractivity contribution in [2.24, 2.45) is 16.7 Å². The summed E-state index contributed by atoms with van der Waals surface area (Å²) in [6, 6.07) is 11.9. The number of piperidine rings is 2. The lowest BCUT2D eigenvalue weighted by molar-refractivity contribution is -0.147. The number of fused-ring (bicyclic) bond motifs is 4. The molecule has 5 aromatic rings. The number of aromatic hydroxyl groups is 1. The van der Waals surface area contributed by atoms with E-state index in [9.17, 15) is 19.5 Å². The molecule has 2 bridgehead atoms. The van der Waals surface area contributed by atoms with E-state index in [1.165, 1.54) is 29.8 Å². The minimum absolute atomic E-state index is 0.0342. The molecule has 7 fully saturated rings. The molecule has 368 valence electrons. The number of urea groups is 1. The molecule has 0 radical (unpaired) electrons. The maximum Gasteiger partial charge on any atom is 0.328 e. The summed E-state index contributed by atoms with van der Waals surface area (Å²) in [6.45, 7) is 8.51. The van der Waals surface area contributed by atoms with Gasteiger partial charge in [0.15, 0.2) is 5.82 Å². The van der Waals surface area contributed by atoms with Crippen LogP contribution in [0.15, 0.2) is 48.7 Å². The van der Waals surface area contributed by atoms with Crippen LogP contribution < -0.4 is 25.2 Å². The fraction of sp³-hybridized carbons (Fsp3) is 0.491. The van der Waals surface area contributed by atoms with Gasteiger partial charge in [0, 0.05) is 91.9 Å². The van der Waals surface area contributed by atoms with Gasteiger partial charge in [-0.25, -0.2) is 13.6 Å². The first kappa shape index (κ1) is 45.7. The zero-order chi connectivity index (χ0) is 48.8. The topological polar surface area (TPSA) is 156 Å². The number of rotatable bonds is 10. The number of aromatic nitrogens is 3. The number of carbonyl (C=O) groups is 3. The van der Waals surface area contributed by atoms with Gasteiger partial charge >= 0.3 is 12.0 Å². The molecular formula is C55H59F2N9O5. The quantitative estimate of drug-likeness (QED) is 0.119. The standard InChI is InChI=1S/C55H59F2N9O5/c1-3-39-43(56)10-7-34-23-38(67)24-41(46(34)39)48-47(57)49-42(27-58-48)50(65-28-36-8-9-37(29-65)59-36)62-52(61-49)71-31-55(14-15-55)30-63-21-16-54(17-22-63)25-35(26-54)51(69)64-18-11-33(12-19-64)40-5-4-6-44(32(40)2)66-20-13-45(68)60-53(66)70/h1,4-7,10,23-24,27,33,35-37,59,67H,8-9,11-22,25-26,28-31H2,2H3,(H,60,68,70). The predicted molar refractivity (Wildman–Crippen MR) is 265 cm³/mol. The van der Waals surface area contributed by atoms with Crippen molar-refractivity contribution in [3.63, 3.8) is 0 Å². The van der Waals surface area contributed by atoms with Gasteiger partial charge < -0.3 is 29.9 Å². The summed E-state index contributed by atoms with van der Waals surface area (Å²) in [5.41, 5.74) is 3.31. The Morgan fingerprint density at radius 1 is 0.958 bits per heavy atom. The molecular weight excluding hydrogens is 905 g/mol. The molecule has 2 aliphatic carbocycles. The number of halogens is 2. The van der Waals surface area contributed by atoms with Crippen molar-refractivity contribution >= 4 is 51.0 Å². The van der Waals surface area contributed by atoms with Gasteiger partial charge in [-0.05, 0) is 136 Å². The molecule has 2 atom stereocenters. The normalized spacial score (nSPS) is 23.3. The van der Waals surface area contributed by atoms with E-state index in [2.05, 4.69) is 49.2 Å². The molecule has 71 heavy (non-hydrogen) atoms. The van der Waals surface area contributed by atoms with Gasteiger partial charge in [-0.3, -0.25) is 24.8 Å². The van der Waals surface area contributed by atoms with Crippen LogP contribution in [0.2, 0.25) is 0 Å². The van der Waals surface area contributed by atoms with Crippen LogP contribution >= 0.6 is 0 Å². The molecule has 4 amide bonds. The van der Waals surface area contributed by atoms with Crippen molar-refractivity contribution < 1.29 is 33.0 Å². The Labute approximate surface area is 411 Å². The molecule has 12 rings (SSSR count). The van der Waals surface area contributed by atoms with Gasteiger partial charge in [-0.15, -0.1) is 6.42 Å². The fourth-order valence-electron chi connectivity index (χ4n) is 13.0. The number of likely N-dealkylation sites (tertiary alicyclic amines) is 2. The lowest BCUT2D eigenvalue weighted by Crippen LogP contribution is -2.53. The Hall–Kier alpha value is -6.44. The first-order valence-electron chi connectivity index (χ1n) is 25.5. The number of phenols is 1. The number of terminal acetylenes is 1. The Balaban J connectivity index is 0.688. The van der Waals surface area contributed by atoms with Gasteiger partial charge in [0.1, 0.15) is 28.6 Å². The van der Waals surface area contributed by atoms with Crippen LogP contribution in [0.1, 0.15) is 93.2 Å². The average molecular weight is 964 g/mol. The molecule has 2 aromatic heterocycles. The van der Waals surface area contributed by atoms with Gasteiger partial charge in [0.05, 0.1) is 17.6 Å². The summed E-state index contributed by atoms with van der Waals surface area (Å²) >= 11 is 0. The monoisotopic (exact) mass is 963 g/mol. The van der Waals surface area contributed by atoms with Gasteiger partial charge in [-0.2, -0.15) is 9.97 Å². The Morgan fingerprint density at radius 3 is 2.44 bits per heavy atom. The second-order valence-corrected chi connectivity index (χ2v) is 21.7. The zero-order valence-corrected chi connectivity index (χ0v) is 40.1. The van der Waals surface area contributed by atoms with Crippen LogP contribution in [0, 0.1) is 47.6 Å². The third-order valence-electron chi connectivity index (χ3n) is 17.2. The van der Waals surface area contributed by atoms with E-state index >= 15 is 8.78 Å². The third kappa shape index (κ3) is 8.38. The fourth-order valence-corrected chi connectivity index (χ4v) is 13.0. The van der Waals surface area contributed by atoms with E-state index in [-0.39, 0.29) is 74.6 Å². The Morgan fingerprint density at radius 2 is 1.72 bits per heavy atom. The van der Waals surface area contributed by atoms with Crippen molar-refractivity contribution in [1.29, 1.82) is 0 Å². The zero-order valence-electron chi connectivity index (χ0n) is 40.1. The summed E-state index contributed by atoms with van der Waals surface area (Å²) in [4.78, 5) is 60.9. The first-order chi connectivity index (χ1) is 34.3. The van der Waals surface area contributed by atoms with Gasteiger partial charge in [0.25, 0.3) is 0 Å². The number of pyridine rings is 1. The smallest absolute Gasteiger partial charge is 0.328 e. The Bertz CT molecular complexity index is 3030. The van der Waals surface area contributed by atoms with Crippen molar-refractivity contribution in [3.8, 4) is 35.4 Å². The number of benzene rings is 3. The second kappa shape index (κ2) is 17.7. The van der Waals surface area contributed by atoms with Crippen molar-refractivity contribution in [2.45, 2.75) is 95.6 Å². The first-order valence-corrected chi connectivity index (χ1v) is 25.5. The molecule has 2 unspecified atom stereocenters. The van der Waals surface area contributed by atoms with Gasteiger partial charge in [-0.1, -0.05) is 24.1 Å². The molecule has 16 heteroatoms. The van der Waals surface area contributed by atoms with Crippen LogP contribution in [0.5, 0.6) is 11.8 Å². The van der Waals surface area contributed by atoms with E-state index in [0.29, 0.717) is 66.7 Å². The summed E-state index contributed by atoms with van der Waals surface area (Å²) in [5, 5.41) is 18.0. The molecule has 5 aliphatic heterocycles. The van der Waals surface area contributed by atoms with Crippen LogP contribution in [0.25, 0.3) is 32.9 Å². The lowest BCUT2D eigenvalue weighted by Gasteiger charge is -2.53. The summed E-state index contributed by atoms with van der Waals surface area (Å²) in [5.74, 6) is 1.91. The summed E-state index contributed by atoms with van der Waals surface area (Å²) in [7, 11) is 0. The molecule has 14 nitrogen and oxygen atoms in total. The minimum atomic E-state index is -0.735. The van der Waals surface area contributed by atoms with Gasteiger partial charge in [0.2, 0.25) is 11.8 Å². The van der Waals surface area contributed by atoms with Crippen molar-refractivity contribution in [2.75, 3.05) is 68.8 Å². The highest BCUT2D eigenvalue weighted by Crippen LogP contribution is 2.55. The molecule has 5 saturated heterocycles. The van der Waals surface area contributed by atoms with Crippen molar-refractivity contribution in [1.82, 2.24) is 35.4 Å². The number of phenolic OH excluding ortho intramolecular Hbond substituents is 1. The van der Waals surface area contributed by atoms with E-state index in [1.807, 2.05) is 12.1 Å². The Kier molecular flexibility index (Phi) is 11.4. The maximum atomic E-state index is 17.2. The van der Waals surface area contributed by atoms with E-state index in [4.69, 9.17) is 21.1 Å². The number of amides is 4. The number of ether oxygens (including phenoxy) is 1. The number of piperazine rings is 1. The molecule has 1 spiro atoms. The average Bonchev–Trinajstić information content (AvgIpc) is 4.05. The van der Waals surface area contributed by atoms with Crippen LogP contribution in [0.3, 0.4) is 0 Å². The van der Waals surface area contributed by atoms with E-state index < -0.39 is 11.6 Å². The number of nitrogens with zero attached hydrogens (tertiary/aromatic N) is 7. The number of imide groups is 1. The van der Waals surface area contributed by atoms with Crippen LogP contribution in [-0.4, -0.2) is 119 Å². The molecule has 2 saturated carbocycles. The molecule has 3 N–H and O–H groups in total. The maximum absolute atomic E-state index is 17.2. The summed E-state index contributed by atoms with van der Waals surface area (Å²) in [6.07, 6.45) is 17.5. The van der Waals surface area contributed by atoms with Crippen LogP contribution in [-0.2, 0) is 9.59 Å². The summed E-state index contributed by atoms with van der Waals surface area (Å²) < 4.78 is 38.7. The number of carbonyl (C=O) groups excluding carboxylic acids is 3.